The summed E-state index contributed by atoms with van der Waals surface area (Å²) in [6, 6.07) is 4.73. The highest BCUT2D eigenvalue weighted by atomic mass is 16.2. The first kappa shape index (κ1) is 14.8. The Hall–Kier alpha value is -2.24. The fourth-order valence-electron chi connectivity index (χ4n) is 1.78. The van der Waals surface area contributed by atoms with E-state index in [-0.39, 0.29) is 12.5 Å². The minimum Gasteiger partial charge on any atom is -0.399 e. The molecule has 104 valence electrons. The molecule has 0 aromatic heterocycles. The van der Waals surface area contributed by atoms with Crippen LogP contribution in [0.1, 0.15) is 24.2 Å². The van der Waals surface area contributed by atoms with E-state index in [2.05, 4.69) is 5.32 Å². The second-order valence-electron chi connectivity index (χ2n) is 4.09. The minimum atomic E-state index is -0.558. The lowest BCUT2D eigenvalue weighted by Crippen LogP contribution is -2.35. The molecule has 0 radical (unpaired) electrons. The molecule has 0 saturated heterocycles. The maximum atomic E-state index is 11.9. The van der Waals surface area contributed by atoms with Crippen molar-refractivity contribution in [2.24, 2.45) is 5.73 Å². The minimum absolute atomic E-state index is 0.0390. The van der Waals surface area contributed by atoms with Crippen LogP contribution < -0.4 is 16.8 Å². The van der Waals surface area contributed by atoms with E-state index in [9.17, 15) is 9.59 Å². The highest BCUT2D eigenvalue weighted by molar-refractivity contribution is 5.99. The molecule has 0 unspecified atom stereocenters. The van der Waals surface area contributed by atoms with Gasteiger partial charge in [-0.15, -0.1) is 0 Å². The first-order valence-electron chi connectivity index (χ1n) is 6.20. The number of benzene rings is 1. The van der Waals surface area contributed by atoms with E-state index in [0.717, 1.165) is 0 Å². The van der Waals surface area contributed by atoms with Crippen molar-refractivity contribution in [1.82, 2.24) is 4.90 Å². The summed E-state index contributed by atoms with van der Waals surface area (Å²) in [7, 11) is 0. The molecule has 1 aromatic rings. The van der Waals surface area contributed by atoms with Crippen molar-refractivity contribution in [2.75, 3.05) is 30.7 Å². The van der Waals surface area contributed by atoms with Crippen LogP contribution in [-0.4, -0.2) is 36.3 Å². The van der Waals surface area contributed by atoms with Gasteiger partial charge in [-0.25, -0.2) is 0 Å². The van der Waals surface area contributed by atoms with Crippen LogP contribution in [0.25, 0.3) is 0 Å². The van der Waals surface area contributed by atoms with Crippen LogP contribution in [0.4, 0.5) is 11.4 Å². The third-order valence-electron chi connectivity index (χ3n) is 2.86. The normalized spacial score (nSPS) is 10.0. The molecule has 0 fully saturated rings. The number of likely N-dealkylation sites (N-methyl/N-ethyl adjacent to an activating group) is 1. The quantitative estimate of drug-likeness (QED) is 0.656. The molecule has 0 atom stereocenters. The summed E-state index contributed by atoms with van der Waals surface area (Å²) in [4.78, 5) is 24.8. The topological polar surface area (TPSA) is 101 Å². The number of nitrogens with two attached hydrogens (primary N) is 2. The van der Waals surface area contributed by atoms with E-state index in [1.807, 2.05) is 13.8 Å². The van der Waals surface area contributed by atoms with E-state index < -0.39 is 5.91 Å². The molecule has 6 heteroatoms. The third-order valence-corrected chi connectivity index (χ3v) is 2.86. The molecule has 0 aliphatic heterocycles. The van der Waals surface area contributed by atoms with E-state index in [0.29, 0.717) is 30.0 Å². The fraction of sp³-hybridized carbons (Fsp3) is 0.385. The number of hydrogen-bond acceptors (Lipinski definition) is 4. The number of amides is 2. The average Bonchev–Trinajstić information content (AvgIpc) is 2.37. The van der Waals surface area contributed by atoms with E-state index in [1.54, 1.807) is 23.1 Å². The number of anilines is 2. The van der Waals surface area contributed by atoms with Crippen molar-refractivity contribution in [3.63, 3.8) is 0 Å². The maximum Gasteiger partial charge on any atom is 0.250 e. The predicted octanol–water partition coefficient (Wildman–Crippen LogP) is 0.648. The van der Waals surface area contributed by atoms with E-state index in [4.69, 9.17) is 11.5 Å². The van der Waals surface area contributed by atoms with Crippen molar-refractivity contribution in [2.45, 2.75) is 13.8 Å². The molecule has 0 saturated carbocycles. The van der Waals surface area contributed by atoms with Gasteiger partial charge in [0.1, 0.15) is 0 Å². The number of primary amides is 1. The molecule has 1 rings (SSSR count). The highest BCUT2D eigenvalue weighted by Crippen LogP contribution is 2.18. The molecule has 0 spiro atoms. The molecule has 0 aliphatic rings. The zero-order chi connectivity index (χ0) is 14.4. The number of hydrogen-bond donors (Lipinski definition) is 3. The van der Waals surface area contributed by atoms with Gasteiger partial charge in [-0.2, -0.15) is 0 Å². The predicted molar refractivity (Wildman–Crippen MR) is 75.8 cm³/mol. The molecule has 19 heavy (non-hydrogen) atoms. The Bertz CT molecular complexity index is 470. The van der Waals surface area contributed by atoms with Crippen LogP contribution in [0.3, 0.4) is 0 Å². The average molecular weight is 264 g/mol. The molecule has 1 aromatic carbocycles. The second kappa shape index (κ2) is 6.63. The Balaban J connectivity index is 2.79. The highest BCUT2D eigenvalue weighted by Gasteiger charge is 2.12. The molecule has 0 aliphatic carbocycles. The molecule has 0 heterocycles. The van der Waals surface area contributed by atoms with Gasteiger partial charge in [0, 0.05) is 24.5 Å². The standard InChI is InChI=1S/C13H20N4O2/c1-3-17(4-2)12(18)8-16-11-7-9(14)5-6-10(11)13(15)19/h5-7,16H,3-4,8,14H2,1-2H3,(H2,15,19). The van der Waals surface area contributed by atoms with Gasteiger partial charge >= 0.3 is 0 Å². The lowest BCUT2D eigenvalue weighted by Gasteiger charge is -2.19. The van der Waals surface area contributed by atoms with Gasteiger partial charge in [-0.05, 0) is 32.0 Å². The SMILES string of the molecule is CCN(CC)C(=O)CNc1cc(N)ccc1C(N)=O. The molecule has 2 amide bonds. The van der Waals surface area contributed by atoms with Crippen molar-refractivity contribution in [1.29, 1.82) is 0 Å². The van der Waals surface area contributed by atoms with Crippen molar-refractivity contribution >= 4 is 23.2 Å². The zero-order valence-corrected chi connectivity index (χ0v) is 11.3. The number of rotatable bonds is 6. The Kier molecular flexibility index (Phi) is 5.17. The van der Waals surface area contributed by atoms with Crippen LogP contribution in [0.2, 0.25) is 0 Å². The van der Waals surface area contributed by atoms with Gasteiger partial charge in [-0.1, -0.05) is 0 Å². The van der Waals surface area contributed by atoms with E-state index >= 15 is 0 Å². The summed E-state index contributed by atoms with van der Waals surface area (Å²) in [5.41, 5.74) is 12.2. The summed E-state index contributed by atoms with van der Waals surface area (Å²) in [5, 5.41) is 2.91. The van der Waals surface area contributed by atoms with Crippen molar-refractivity contribution in [3.05, 3.63) is 23.8 Å². The Morgan fingerprint density at radius 3 is 2.42 bits per heavy atom. The van der Waals surface area contributed by atoms with Crippen LogP contribution in [0.5, 0.6) is 0 Å². The van der Waals surface area contributed by atoms with Crippen LogP contribution in [0.15, 0.2) is 18.2 Å². The molecule has 0 bridgehead atoms. The summed E-state index contributed by atoms with van der Waals surface area (Å²) in [5.74, 6) is -0.597. The van der Waals surface area contributed by atoms with Crippen molar-refractivity contribution < 1.29 is 9.59 Å². The maximum absolute atomic E-state index is 11.9. The van der Waals surface area contributed by atoms with Gasteiger partial charge in [0.25, 0.3) is 5.91 Å². The molecular weight excluding hydrogens is 244 g/mol. The molecule has 5 N–H and O–H groups in total. The number of nitrogens with one attached hydrogen (secondary N) is 1. The number of nitrogens with zero attached hydrogens (tertiary/aromatic N) is 1. The molecular formula is C13H20N4O2. The monoisotopic (exact) mass is 264 g/mol. The Morgan fingerprint density at radius 1 is 1.26 bits per heavy atom. The van der Waals surface area contributed by atoms with Gasteiger partial charge in [0.05, 0.1) is 12.1 Å². The Morgan fingerprint density at radius 2 is 1.89 bits per heavy atom. The smallest absolute Gasteiger partial charge is 0.250 e. The lowest BCUT2D eigenvalue weighted by molar-refractivity contribution is -0.128. The summed E-state index contributed by atoms with van der Waals surface area (Å²) in [6.07, 6.45) is 0. The lowest BCUT2D eigenvalue weighted by atomic mass is 10.1. The first-order chi connectivity index (χ1) is 8.99. The first-order valence-corrected chi connectivity index (χ1v) is 6.20. The zero-order valence-electron chi connectivity index (χ0n) is 11.3. The summed E-state index contributed by atoms with van der Waals surface area (Å²) < 4.78 is 0. The van der Waals surface area contributed by atoms with Gasteiger partial charge < -0.3 is 21.7 Å². The third kappa shape index (κ3) is 3.87. The van der Waals surface area contributed by atoms with E-state index in [1.165, 1.54) is 0 Å². The van der Waals surface area contributed by atoms with Crippen LogP contribution >= 0.6 is 0 Å². The second-order valence-corrected chi connectivity index (χ2v) is 4.09. The summed E-state index contributed by atoms with van der Waals surface area (Å²) >= 11 is 0. The van der Waals surface area contributed by atoms with Crippen molar-refractivity contribution in [3.8, 4) is 0 Å². The Labute approximate surface area is 112 Å². The number of carbonyl (C=O) groups excluding carboxylic acids is 2. The van der Waals surface area contributed by atoms with Gasteiger partial charge in [0.15, 0.2) is 0 Å². The van der Waals surface area contributed by atoms with Gasteiger partial charge in [0.2, 0.25) is 5.91 Å². The van der Waals surface area contributed by atoms with Crippen LogP contribution in [-0.2, 0) is 4.79 Å². The fourth-order valence-corrected chi connectivity index (χ4v) is 1.78. The number of carbonyl (C=O) groups is 2. The number of nitrogen functional groups attached to an aromatic ring is 1. The molecule has 6 nitrogen and oxygen atoms in total. The largest absolute Gasteiger partial charge is 0.399 e. The van der Waals surface area contributed by atoms with Gasteiger partial charge in [-0.3, -0.25) is 9.59 Å². The summed E-state index contributed by atoms with van der Waals surface area (Å²) in [6.45, 7) is 5.23. The van der Waals surface area contributed by atoms with Crippen LogP contribution in [0, 0.1) is 0 Å².